The SMILES string of the molecule is CCCO[P+](=O)C1=CCC(CN)(c2cccc3c2O3)C=C1. The second kappa shape index (κ2) is 5.72. The van der Waals surface area contributed by atoms with Crippen molar-refractivity contribution in [3.63, 3.8) is 0 Å². The molecule has 2 atom stereocenters. The first-order valence-corrected chi connectivity index (χ1v) is 8.39. The zero-order valence-electron chi connectivity index (χ0n) is 12.0. The van der Waals surface area contributed by atoms with Crippen LogP contribution in [0.1, 0.15) is 25.3 Å². The molecule has 1 aliphatic heterocycles. The molecule has 0 spiro atoms. The Morgan fingerprint density at radius 1 is 1.48 bits per heavy atom. The standard InChI is InChI=1S/C16H19NO3P/c1-2-10-19-21(18)12-6-8-16(11-17,9-7-12)13-4-3-5-14-15(13)20-14/h3-8H,2,9-11,17H2,1H3/q+1. The second-order valence-corrected chi connectivity index (χ2v) is 6.64. The summed E-state index contributed by atoms with van der Waals surface area (Å²) in [5.41, 5.74) is 6.86. The molecular formula is C16H19NO3P+. The van der Waals surface area contributed by atoms with Crippen molar-refractivity contribution in [2.45, 2.75) is 25.2 Å². The monoisotopic (exact) mass is 304 g/mol. The Kier molecular flexibility index (Phi) is 3.94. The third kappa shape index (κ3) is 2.67. The number of hydrogen-bond donors (Lipinski definition) is 1. The van der Waals surface area contributed by atoms with Gasteiger partial charge in [0.25, 0.3) is 0 Å². The molecule has 4 nitrogen and oxygen atoms in total. The molecule has 0 amide bonds. The molecule has 0 saturated heterocycles. The van der Waals surface area contributed by atoms with E-state index in [1.54, 1.807) is 0 Å². The van der Waals surface area contributed by atoms with E-state index in [-0.39, 0.29) is 5.41 Å². The average molecular weight is 304 g/mol. The van der Waals surface area contributed by atoms with E-state index < -0.39 is 8.03 Å². The zero-order valence-corrected chi connectivity index (χ0v) is 12.9. The van der Waals surface area contributed by atoms with Gasteiger partial charge in [-0.2, -0.15) is 0 Å². The van der Waals surface area contributed by atoms with Crippen molar-refractivity contribution in [2.24, 2.45) is 5.73 Å². The van der Waals surface area contributed by atoms with Crippen LogP contribution in [-0.4, -0.2) is 13.2 Å². The van der Waals surface area contributed by atoms with Crippen LogP contribution in [0.2, 0.25) is 0 Å². The summed E-state index contributed by atoms with van der Waals surface area (Å²) in [6.45, 7) is 3.00. The lowest BCUT2D eigenvalue weighted by Gasteiger charge is -2.29. The van der Waals surface area contributed by atoms with Gasteiger partial charge in [-0.1, -0.05) is 25.1 Å². The summed E-state index contributed by atoms with van der Waals surface area (Å²) in [5, 5.41) is 0.750. The van der Waals surface area contributed by atoms with Gasteiger partial charge < -0.3 is 10.5 Å². The lowest BCUT2D eigenvalue weighted by atomic mass is 9.75. The van der Waals surface area contributed by atoms with Crippen LogP contribution >= 0.6 is 8.03 Å². The van der Waals surface area contributed by atoms with Gasteiger partial charge in [0.15, 0.2) is 11.5 Å². The van der Waals surface area contributed by atoms with Crippen molar-refractivity contribution >= 4 is 8.03 Å². The van der Waals surface area contributed by atoms with Crippen molar-refractivity contribution in [2.75, 3.05) is 13.2 Å². The number of hydrogen-bond acceptors (Lipinski definition) is 4. The van der Waals surface area contributed by atoms with E-state index in [4.69, 9.17) is 15.0 Å². The Hall–Kier alpha value is -1.48. The van der Waals surface area contributed by atoms with E-state index in [9.17, 15) is 4.57 Å². The van der Waals surface area contributed by atoms with Crippen molar-refractivity contribution in [3.05, 3.63) is 47.3 Å². The summed E-state index contributed by atoms with van der Waals surface area (Å²) < 4.78 is 22.8. The third-order valence-electron chi connectivity index (χ3n) is 3.92. The van der Waals surface area contributed by atoms with Crippen LogP contribution in [-0.2, 0) is 14.5 Å². The molecule has 1 heterocycles. The van der Waals surface area contributed by atoms with Crippen LogP contribution in [0, 0.1) is 0 Å². The molecule has 1 aromatic rings. The normalized spacial score (nSPS) is 23.1. The van der Waals surface area contributed by atoms with Gasteiger partial charge in [-0.15, -0.1) is 4.52 Å². The number of ether oxygens (including phenoxy) is 1. The topological polar surface area (TPSA) is 64.8 Å². The smallest absolute Gasteiger partial charge is 0.449 e. The first-order chi connectivity index (χ1) is 10.2. The summed E-state index contributed by atoms with van der Waals surface area (Å²) in [7, 11) is -1.76. The summed E-state index contributed by atoms with van der Waals surface area (Å²) in [6.07, 6.45) is 7.47. The quantitative estimate of drug-likeness (QED) is 0.647. The zero-order chi connectivity index (χ0) is 14.9. The van der Waals surface area contributed by atoms with Gasteiger partial charge in [-0.25, -0.2) is 0 Å². The molecule has 1 aliphatic carbocycles. The molecule has 3 rings (SSSR count). The van der Waals surface area contributed by atoms with Crippen molar-refractivity contribution in [3.8, 4) is 11.5 Å². The number of allylic oxidation sites excluding steroid dienone is 3. The minimum absolute atomic E-state index is 0.272. The molecule has 0 radical (unpaired) electrons. The number of benzene rings is 1. The van der Waals surface area contributed by atoms with Gasteiger partial charge in [-0.05, 0) is 35.6 Å². The molecule has 110 valence electrons. The Bertz CT molecular complexity index is 638. The number of fused-ring (bicyclic) bond motifs is 1. The molecule has 21 heavy (non-hydrogen) atoms. The van der Waals surface area contributed by atoms with Crippen LogP contribution in [0.3, 0.4) is 0 Å². The largest absolute Gasteiger partial charge is 0.548 e. The number of nitrogens with two attached hydrogens (primary N) is 1. The summed E-state index contributed by atoms with van der Waals surface area (Å²) >= 11 is 0. The van der Waals surface area contributed by atoms with Gasteiger partial charge in [0, 0.05) is 17.5 Å². The molecule has 0 bridgehead atoms. The van der Waals surface area contributed by atoms with Crippen molar-refractivity contribution in [1.29, 1.82) is 0 Å². The second-order valence-electron chi connectivity index (χ2n) is 5.35. The summed E-state index contributed by atoms with van der Waals surface area (Å²) in [5.74, 6) is 1.87. The van der Waals surface area contributed by atoms with Crippen molar-refractivity contribution < 1.29 is 13.8 Å². The molecule has 0 fully saturated rings. The van der Waals surface area contributed by atoms with Gasteiger partial charge >= 0.3 is 8.03 Å². The predicted molar refractivity (Wildman–Crippen MR) is 82.9 cm³/mol. The Balaban J connectivity index is 1.80. The molecule has 0 aromatic heterocycles. The maximum atomic E-state index is 12.0. The molecule has 5 heteroatoms. The highest BCUT2D eigenvalue weighted by atomic mass is 31.1. The van der Waals surface area contributed by atoms with Crippen LogP contribution in [0.15, 0.2) is 41.7 Å². The molecule has 2 aliphatic rings. The van der Waals surface area contributed by atoms with Crippen LogP contribution < -0.4 is 10.5 Å². The average Bonchev–Trinajstić information content (AvgIpc) is 3.32. The summed E-state index contributed by atoms with van der Waals surface area (Å²) in [4.78, 5) is 0. The number of rotatable bonds is 6. The lowest BCUT2D eigenvalue weighted by Crippen LogP contribution is -2.33. The lowest BCUT2D eigenvalue weighted by molar-refractivity contribution is 0.333. The molecule has 2 N–H and O–H groups in total. The highest BCUT2D eigenvalue weighted by molar-refractivity contribution is 7.44. The maximum absolute atomic E-state index is 12.0. The molecular weight excluding hydrogens is 285 g/mol. The minimum Gasteiger partial charge on any atom is -0.449 e. The first kappa shape index (κ1) is 14.5. The van der Waals surface area contributed by atoms with Crippen LogP contribution in [0.4, 0.5) is 0 Å². The fourth-order valence-electron chi connectivity index (χ4n) is 2.59. The molecule has 0 saturated carbocycles. The minimum atomic E-state index is -1.76. The highest BCUT2D eigenvalue weighted by Crippen LogP contribution is 2.54. The van der Waals surface area contributed by atoms with E-state index in [1.807, 2.05) is 37.3 Å². The van der Waals surface area contributed by atoms with Crippen LogP contribution in [0.25, 0.3) is 0 Å². The summed E-state index contributed by atoms with van der Waals surface area (Å²) in [6, 6.07) is 5.98. The Morgan fingerprint density at radius 3 is 3.00 bits per heavy atom. The maximum Gasteiger partial charge on any atom is 0.548 e. The van der Waals surface area contributed by atoms with E-state index in [0.29, 0.717) is 19.6 Å². The fraction of sp³-hybridized carbons (Fsp3) is 0.375. The van der Waals surface area contributed by atoms with Gasteiger partial charge in [0.05, 0.1) is 0 Å². The van der Waals surface area contributed by atoms with Crippen molar-refractivity contribution in [1.82, 2.24) is 0 Å². The predicted octanol–water partition coefficient (Wildman–Crippen LogP) is 4.00. The Morgan fingerprint density at radius 2 is 2.33 bits per heavy atom. The fourth-order valence-corrected chi connectivity index (χ4v) is 3.53. The van der Waals surface area contributed by atoms with E-state index in [2.05, 4.69) is 6.07 Å². The Labute approximate surface area is 125 Å². The van der Waals surface area contributed by atoms with E-state index in [1.165, 1.54) is 0 Å². The highest BCUT2D eigenvalue weighted by Gasteiger charge is 2.39. The molecule has 2 unspecified atom stereocenters. The van der Waals surface area contributed by atoms with Crippen LogP contribution in [0.5, 0.6) is 11.5 Å². The van der Waals surface area contributed by atoms with Gasteiger partial charge in [0.1, 0.15) is 6.61 Å². The van der Waals surface area contributed by atoms with E-state index >= 15 is 0 Å². The van der Waals surface area contributed by atoms with E-state index in [0.717, 1.165) is 28.8 Å². The first-order valence-electron chi connectivity index (χ1n) is 7.21. The van der Waals surface area contributed by atoms with Gasteiger partial charge in [0.2, 0.25) is 5.31 Å². The third-order valence-corrected chi connectivity index (χ3v) is 5.09. The molecule has 1 aromatic carbocycles. The van der Waals surface area contributed by atoms with Gasteiger partial charge in [-0.3, -0.25) is 0 Å². The number of para-hydroxylation sites is 1.